The van der Waals surface area contributed by atoms with Crippen molar-refractivity contribution >= 4 is 11.8 Å². The fourth-order valence-electron chi connectivity index (χ4n) is 4.40. The summed E-state index contributed by atoms with van der Waals surface area (Å²) < 4.78 is 16.8. The topological polar surface area (TPSA) is 240 Å². The number of aryl methyl sites for hydroxylation is 1. The third kappa shape index (κ3) is 10.7. The Morgan fingerprint density at radius 2 is 1.80 bits per heavy atom. The van der Waals surface area contributed by atoms with Crippen molar-refractivity contribution in [2.75, 3.05) is 39.5 Å². The van der Waals surface area contributed by atoms with E-state index >= 15 is 0 Å². The van der Waals surface area contributed by atoms with Crippen LogP contribution in [0.1, 0.15) is 44.7 Å². The number of ether oxygens (including phenoxy) is 3. The summed E-state index contributed by atoms with van der Waals surface area (Å²) in [6.07, 6.45) is -6.35. The Hall–Kier alpha value is -2.82. The molecular weight excluding hydrogens is 576 g/mol. The minimum absolute atomic E-state index is 0.129. The summed E-state index contributed by atoms with van der Waals surface area (Å²) >= 11 is 0. The van der Waals surface area contributed by atoms with Gasteiger partial charge in [0, 0.05) is 30.7 Å². The third-order valence-corrected chi connectivity index (χ3v) is 7.44. The van der Waals surface area contributed by atoms with Crippen LogP contribution in [-0.4, -0.2) is 118 Å². The molecule has 0 spiro atoms. The third-order valence-electron chi connectivity index (χ3n) is 7.44. The molecule has 1 saturated heterocycles. The van der Waals surface area contributed by atoms with E-state index in [1.54, 1.807) is 6.92 Å². The smallest absolute Gasteiger partial charge is 0.231 e. The summed E-state index contributed by atoms with van der Waals surface area (Å²) in [4.78, 5) is 12.0. The van der Waals surface area contributed by atoms with Crippen molar-refractivity contribution in [1.29, 1.82) is 5.41 Å². The lowest BCUT2D eigenvalue weighted by atomic mass is 9.95. The van der Waals surface area contributed by atoms with Gasteiger partial charge in [0.1, 0.15) is 30.2 Å². The highest BCUT2D eigenvalue weighted by molar-refractivity contribution is 5.92. The summed E-state index contributed by atoms with van der Waals surface area (Å²) in [7, 11) is 0. The number of benzene rings is 1. The number of nitrogens with two attached hydrogens (primary N) is 1. The van der Waals surface area contributed by atoms with E-state index in [0.29, 0.717) is 43.1 Å². The second kappa shape index (κ2) is 17.6. The zero-order chi connectivity index (χ0) is 33.0. The SMILES string of the molecule is Cc1cc(OCCCNCCC(=O)NC(C)(CO)CO)ccc1C/C(C(=N)OC1O[C@H](CO)[C@@H](O)C(O)[C@H]1O)=C(/N)C(C)C. The Balaban J connectivity index is 1.92. The molecule has 2 rings (SSSR count). The average molecular weight is 627 g/mol. The molecule has 1 amide bonds. The number of carbonyl (C=O) groups is 1. The monoisotopic (exact) mass is 626 g/mol. The molecule has 2 unspecified atom stereocenters. The van der Waals surface area contributed by atoms with Gasteiger partial charge in [0.25, 0.3) is 0 Å². The van der Waals surface area contributed by atoms with Gasteiger partial charge in [-0.3, -0.25) is 10.2 Å². The molecule has 1 aliphatic heterocycles. The van der Waals surface area contributed by atoms with E-state index in [-0.39, 0.29) is 43.8 Å². The van der Waals surface area contributed by atoms with E-state index in [4.69, 9.17) is 25.4 Å². The first-order valence-electron chi connectivity index (χ1n) is 14.8. The van der Waals surface area contributed by atoms with Gasteiger partial charge in [0.15, 0.2) is 0 Å². The lowest BCUT2D eigenvalue weighted by molar-refractivity contribution is -0.281. The van der Waals surface area contributed by atoms with Crippen LogP contribution in [0.2, 0.25) is 0 Å². The number of carbonyl (C=O) groups excluding carboxylic acids is 1. The Labute approximate surface area is 258 Å². The van der Waals surface area contributed by atoms with E-state index in [1.165, 1.54) is 0 Å². The maximum atomic E-state index is 12.0. The Morgan fingerprint density at radius 3 is 2.39 bits per heavy atom. The summed E-state index contributed by atoms with van der Waals surface area (Å²) in [6.45, 7) is 7.39. The number of hydrogen-bond acceptors (Lipinski definition) is 13. The maximum absolute atomic E-state index is 12.0. The van der Waals surface area contributed by atoms with Gasteiger partial charge in [-0.1, -0.05) is 19.9 Å². The lowest BCUT2D eigenvalue weighted by Gasteiger charge is -2.39. The molecule has 0 radical (unpaired) electrons. The van der Waals surface area contributed by atoms with E-state index in [1.807, 2.05) is 39.0 Å². The molecule has 0 bridgehead atoms. The van der Waals surface area contributed by atoms with Crippen molar-refractivity contribution in [3.63, 3.8) is 0 Å². The second-order valence-electron chi connectivity index (χ2n) is 11.6. The summed E-state index contributed by atoms with van der Waals surface area (Å²) in [5.74, 6) is -0.0939. The molecular formula is C30H50N4O10. The van der Waals surface area contributed by atoms with Gasteiger partial charge in [0.05, 0.1) is 32.0 Å². The van der Waals surface area contributed by atoms with Gasteiger partial charge in [-0.05, 0) is 56.0 Å². The van der Waals surface area contributed by atoms with E-state index in [0.717, 1.165) is 11.1 Å². The zero-order valence-electron chi connectivity index (χ0n) is 26.0. The summed E-state index contributed by atoms with van der Waals surface area (Å²) in [6, 6.07) is 5.55. The van der Waals surface area contributed by atoms with Crippen LogP contribution in [0.5, 0.6) is 5.75 Å². The summed E-state index contributed by atoms with van der Waals surface area (Å²) in [5.41, 5.74) is 7.83. The van der Waals surface area contributed by atoms with Crippen LogP contribution in [0.25, 0.3) is 0 Å². The Bertz CT molecular complexity index is 1110. The molecule has 11 N–H and O–H groups in total. The standard InChI is InChI=1S/C30H50N4O10/c1-17(2)24(31)21(28(32)44-29-27(41)26(40)25(39)22(14-35)43-29)13-19-6-7-20(12-18(19)3)42-11-5-9-33-10-8-23(38)34-30(4,15-36)16-37/h6-7,12,17,22,25-27,29,32-33,35-37,39-41H,5,8-11,13-16,31H2,1-4H3,(H,34,38)/b24-21-,32-28?/t22-,25-,26?,27-,29?/m1/s1. The highest BCUT2D eigenvalue weighted by Gasteiger charge is 2.45. The van der Waals surface area contributed by atoms with Crippen LogP contribution in [0.3, 0.4) is 0 Å². The number of rotatable bonds is 17. The largest absolute Gasteiger partial charge is 0.494 e. The first-order valence-corrected chi connectivity index (χ1v) is 14.8. The van der Waals surface area contributed by atoms with Crippen LogP contribution in [0, 0.1) is 18.3 Å². The first-order chi connectivity index (χ1) is 20.8. The lowest BCUT2D eigenvalue weighted by Crippen LogP contribution is -2.59. The Morgan fingerprint density at radius 1 is 1.11 bits per heavy atom. The minimum Gasteiger partial charge on any atom is -0.494 e. The molecule has 1 aliphatic rings. The predicted molar refractivity (Wildman–Crippen MR) is 162 cm³/mol. The molecule has 250 valence electrons. The van der Waals surface area contributed by atoms with Crippen LogP contribution in [0.4, 0.5) is 0 Å². The zero-order valence-corrected chi connectivity index (χ0v) is 26.0. The fraction of sp³-hybridized carbons (Fsp3) is 0.667. The number of hydrogen-bond donors (Lipinski definition) is 10. The molecule has 14 nitrogen and oxygen atoms in total. The van der Waals surface area contributed by atoms with E-state index < -0.39 is 42.9 Å². The number of aliphatic hydroxyl groups is 6. The molecule has 0 aliphatic carbocycles. The van der Waals surface area contributed by atoms with Gasteiger partial charge >= 0.3 is 0 Å². The molecule has 0 saturated carbocycles. The van der Waals surface area contributed by atoms with Crippen LogP contribution < -0.4 is 21.1 Å². The molecule has 1 aromatic rings. The molecule has 1 heterocycles. The molecule has 14 heteroatoms. The van der Waals surface area contributed by atoms with Gasteiger partial charge in [-0.25, -0.2) is 0 Å². The first kappa shape index (κ1) is 37.4. The van der Waals surface area contributed by atoms with Crippen molar-refractivity contribution in [3.05, 3.63) is 40.6 Å². The van der Waals surface area contributed by atoms with Crippen LogP contribution in [-0.2, 0) is 20.7 Å². The van der Waals surface area contributed by atoms with Crippen molar-refractivity contribution in [2.24, 2.45) is 11.7 Å². The van der Waals surface area contributed by atoms with Crippen molar-refractivity contribution < 1.29 is 49.6 Å². The molecule has 1 fully saturated rings. The second-order valence-corrected chi connectivity index (χ2v) is 11.6. The Kier molecular flexibility index (Phi) is 15.0. The van der Waals surface area contributed by atoms with Crippen molar-refractivity contribution in [3.8, 4) is 5.75 Å². The van der Waals surface area contributed by atoms with Gasteiger partial charge in [-0.15, -0.1) is 0 Å². The van der Waals surface area contributed by atoms with Gasteiger partial charge in [-0.2, -0.15) is 0 Å². The number of aliphatic hydroxyl groups excluding tert-OH is 6. The molecule has 44 heavy (non-hydrogen) atoms. The minimum atomic E-state index is -1.65. The van der Waals surface area contributed by atoms with E-state index in [9.17, 15) is 35.4 Å². The number of nitrogens with one attached hydrogen (secondary N) is 3. The molecule has 0 aromatic heterocycles. The van der Waals surface area contributed by atoms with Crippen LogP contribution >= 0.6 is 0 Å². The normalized spacial score (nSPS) is 22.8. The average Bonchev–Trinajstić information content (AvgIpc) is 2.99. The fourth-order valence-corrected chi connectivity index (χ4v) is 4.40. The van der Waals surface area contributed by atoms with E-state index in [2.05, 4.69) is 10.6 Å². The van der Waals surface area contributed by atoms with Crippen LogP contribution in [0.15, 0.2) is 29.5 Å². The quantitative estimate of drug-likeness (QED) is 0.0558. The van der Waals surface area contributed by atoms with Crippen molar-refractivity contribution in [2.45, 2.75) is 83.2 Å². The number of amides is 1. The van der Waals surface area contributed by atoms with Gasteiger partial charge < -0.3 is 61.2 Å². The van der Waals surface area contributed by atoms with Gasteiger partial charge in [0.2, 0.25) is 18.1 Å². The maximum Gasteiger partial charge on any atom is 0.231 e. The molecule has 5 atom stereocenters. The molecule has 1 aromatic carbocycles. The van der Waals surface area contributed by atoms with Crippen molar-refractivity contribution in [1.82, 2.24) is 10.6 Å². The summed E-state index contributed by atoms with van der Waals surface area (Å²) in [5, 5.41) is 72.8. The highest BCUT2D eigenvalue weighted by Crippen LogP contribution is 2.26. The number of allylic oxidation sites excluding steroid dienone is 1. The predicted octanol–water partition coefficient (Wildman–Crippen LogP) is -1.19. The highest BCUT2D eigenvalue weighted by atomic mass is 16.7.